The summed E-state index contributed by atoms with van der Waals surface area (Å²) in [6.45, 7) is 3.36. The van der Waals surface area contributed by atoms with Gasteiger partial charge >= 0.3 is 0 Å². The van der Waals surface area contributed by atoms with Gasteiger partial charge in [-0.05, 0) is 67.1 Å². The second-order valence-electron chi connectivity index (χ2n) is 8.69. The van der Waals surface area contributed by atoms with Crippen LogP contribution in [0.2, 0.25) is 5.02 Å². The smallest absolute Gasteiger partial charge is 0.170 e. The molecular formula is C25H25ClN4O2. The number of hydrogen-bond donors (Lipinski definition) is 0. The molecule has 5 rings (SSSR count). The van der Waals surface area contributed by atoms with Gasteiger partial charge in [0.15, 0.2) is 5.78 Å². The van der Waals surface area contributed by atoms with Gasteiger partial charge in [0.25, 0.3) is 0 Å². The summed E-state index contributed by atoms with van der Waals surface area (Å²) < 4.78 is 1.76. The van der Waals surface area contributed by atoms with E-state index in [4.69, 9.17) is 16.6 Å². The first-order valence-electron chi connectivity index (χ1n) is 11.1. The summed E-state index contributed by atoms with van der Waals surface area (Å²) >= 11 is 5.98. The van der Waals surface area contributed by atoms with Gasteiger partial charge in [0, 0.05) is 43.6 Å². The predicted molar refractivity (Wildman–Crippen MR) is 124 cm³/mol. The maximum absolute atomic E-state index is 13.1. The summed E-state index contributed by atoms with van der Waals surface area (Å²) in [4.78, 5) is 31.7. The highest BCUT2D eigenvalue weighted by Crippen LogP contribution is 2.44. The van der Waals surface area contributed by atoms with Crippen molar-refractivity contribution in [2.45, 2.75) is 44.9 Å². The first-order valence-corrected chi connectivity index (χ1v) is 11.5. The molecule has 0 atom stereocenters. The van der Waals surface area contributed by atoms with Gasteiger partial charge in [-0.2, -0.15) is 5.10 Å². The van der Waals surface area contributed by atoms with Crippen molar-refractivity contribution in [3.63, 3.8) is 0 Å². The molecule has 0 bridgehead atoms. The van der Waals surface area contributed by atoms with Crippen molar-refractivity contribution >= 4 is 29.0 Å². The average molecular weight is 449 g/mol. The van der Waals surface area contributed by atoms with Crippen LogP contribution in [0, 0.1) is 6.92 Å². The Morgan fingerprint density at radius 1 is 1.12 bits per heavy atom. The number of aromatic nitrogens is 3. The summed E-state index contributed by atoms with van der Waals surface area (Å²) in [7, 11) is 0. The first-order chi connectivity index (χ1) is 15.5. The molecular weight excluding hydrogens is 424 g/mol. The minimum atomic E-state index is 0.0302. The molecule has 1 saturated carbocycles. The minimum Gasteiger partial charge on any atom is -0.356 e. The van der Waals surface area contributed by atoms with Crippen LogP contribution in [0.15, 0.2) is 42.7 Å². The van der Waals surface area contributed by atoms with Crippen LogP contribution < -0.4 is 4.90 Å². The van der Waals surface area contributed by atoms with Gasteiger partial charge in [-0.1, -0.05) is 11.6 Å². The highest BCUT2D eigenvalue weighted by molar-refractivity contribution is 6.30. The van der Waals surface area contributed by atoms with Crippen molar-refractivity contribution in [1.82, 2.24) is 14.8 Å². The molecule has 3 heterocycles. The fourth-order valence-electron chi connectivity index (χ4n) is 4.35. The number of carbonyl (C=O) groups excluding carboxylic acids is 2. The number of halogens is 1. The molecule has 0 unspecified atom stereocenters. The molecule has 2 aliphatic rings. The highest BCUT2D eigenvalue weighted by Gasteiger charge is 2.30. The lowest BCUT2D eigenvalue weighted by Gasteiger charge is -2.29. The average Bonchev–Trinajstić information content (AvgIpc) is 3.57. The highest BCUT2D eigenvalue weighted by atomic mass is 35.5. The first kappa shape index (κ1) is 20.9. The van der Waals surface area contributed by atoms with Crippen LogP contribution in [0.4, 0.5) is 5.82 Å². The van der Waals surface area contributed by atoms with E-state index in [0.717, 1.165) is 48.7 Å². The summed E-state index contributed by atoms with van der Waals surface area (Å²) in [5.41, 5.74) is 4.44. The lowest BCUT2D eigenvalue weighted by atomic mass is 10.0. The standard InChI is InChI=1S/C25H25ClN4O2/c1-16-23(15-28-30(16)20-6-4-19(26)5-7-20)24(32)13-17-12-22(18-2-3-18)25(27-14-17)29-10-8-21(31)9-11-29/h4-7,12,14-15,18H,2-3,8-11,13H2,1H3. The Hall–Kier alpha value is -2.99. The lowest BCUT2D eigenvalue weighted by Crippen LogP contribution is -2.35. The van der Waals surface area contributed by atoms with Crippen molar-refractivity contribution in [1.29, 1.82) is 0 Å². The molecule has 1 aliphatic heterocycles. The molecule has 1 saturated heterocycles. The number of Topliss-reactive ketones (excluding diaryl/α,β-unsaturated/α-hetero) is 2. The van der Waals surface area contributed by atoms with Crippen molar-refractivity contribution < 1.29 is 9.59 Å². The third-order valence-electron chi connectivity index (χ3n) is 6.34. The Morgan fingerprint density at radius 3 is 2.53 bits per heavy atom. The molecule has 3 aromatic rings. The number of carbonyl (C=O) groups is 2. The molecule has 0 amide bonds. The Kier molecular flexibility index (Phi) is 5.55. The normalized spacial score (nSPS) is 16.4. The van der Waals surface area contributed by atoms with Crippen molar-refractivity contribution in [2.75, 3.05) is 18.0 Å². The van der Waals surface area contributed by atoms with Crippen LogP contribution in [-0.4, -0.2) is 39.4 Å². The second kappa shape index (κ2) is 8.51. The number of nitrogens with zero attached hydrogens (tertiary/aromatic N) is 4. The largest absolute Gasteiger partial charge is 0.356 e. The zero-order valence-electron chi connectivity index (χ0n) is 18.1. The number of hydrogen-bond acceptors (Lipinski definition) is 5. The molecule has 0 radical (unpaired) electrons. The van der Waals surface area contributed by atoms with Crippen molar-refractivity contribution in [2.24, 2.45) is 0 Å². The van der Waals surface area contributed by atoms with E-state index in [1.165, 1.54) is 5.56 Å². The van der Waals surface area contributed by atoms with E-state index < -0.39 is 0 Å². The Bertz CT molecular complexity index is 1170. The number of pyridine rings is 1. The maximum atomic E-state index is 13.1. The monoisotopic (exact) mass is 448 g/mol. The van der Waals surface area contributed by atoms with Crippen LogP contribution in [0.5, 0.6) is 0 Å². The molecule has 164 valence electrons. The molecule has 0 spiro atoms. The summed E-state index contributed by atoms with van der Waals surface area (Å²) in [5, 5.41) is 5.08. The summed E-state index contributed by atoms with van der Waals surface area (Å²) in [6.07, 6.45) is 7.23. The number of anilines is 1. The van der Waals surface area contributed by atoms with Gasteiger partial charge < -0.3 is 4.90 Å². The number of rotatable bonds is 6. The van der Waals surface area contributed by atoms with Crippen molar-refractivity contribution in [3.05, 3.63) is 70.1 Å². The zero-order valence-corrected chi connectivity index (χ0v) is 18.8. The number of ketones is 2. The third kappa shape index (κ3) is 4.19. The van der Waals surface area contributed by atoms with Gasteiger partial charge in [-0.25, -0.2) is 9.67 Å². The van der Waals surface area contributed by atoms with Crippen LogP contribution in [0.25, 0.3) is 5.69 Å². The van der Waals surface area contributed by atoms with Gasteiger partial charge in [0.2, 0.25) is 0 Å². The van der Waals surface area contributed by atoms with Gasteiger partial charge in [0.1, 0.15) is 11.6 Å². The molecule has 2 aromatic heterocycles. The fourth-order valence-corrected chi connectivity index (χ4v) is 4.48. The van der Waals surface area contributed by atoms with Crippen LogP contribution in [0.3, 0.4) is 0 Å². The van der Waals surface area contributed by atoms with E-state index in [9.17, 15) is 9.59 Å². The second-order valence-corrected chi connectivity index (χ2v) is 9.12. The predicted octanol–water partition coefficient (Wildman–Crippen LogP) is 4.70. The van der Waals surface area contributed by atoms with E-state index in [0.29, 0.717) is 41.5 Å². The molecule has 2 fully saturated rings. The van der Waals surface area contributed by atoms with Crippen LogP contribution in [0.1, 0.15) is 58.8 Å². The van der Waals surface area contributed by atoms with E-state index in [1.807, 2.05) is 37.4 Å². The van der Waals surface area contributed by atoms with Gasteiger partial charge in [-0.3, -0.25) is 9.59 Å². The Labute approximate surface area is 192 Å². The van der Waals surface area contributed by atoms with Gasteiger partial charge in [-0.15, -0.1) is 0 Å². The summed E-state index contributed by atoms with van der Waals surface area (Å²) in [5.74, 6) is 1.86. The number of benzene rings is 1. The van der Waals surface area contributed by atoms with Crippen LogP contribution in [-0.2, 0) is 11.2 Å². The zero-order chi connectivity index (χ0) is 22.2. The van der Waals surface area contributed by atoms with Crippen molar-refractivity contribution in [3.8, 4) is 5.69 Å². The maximum Gasteiger partial charge on any atom is 0.170 e. The van der Waals surface area contributed by atoms with E-state index in [1.54, 1.807) is 10.9 Å². The number of piperidine rings is 1. The topological polar surface area (TPSA) is 68.1 Å². The van der Waals surface area contributed by atoms with Crippen LogP contribution >= 0.6 is 11.6 Å². The van der Waals surface area contributed by atoms with E-state index in [2.05, 4.69) is 16.1 Å². The quantitative estimate of drug-likeness (QED) is 0.511. The molecule has 0 N–H and O–H groups in total. The molecule has 1 aromatic carbocycles. The van der Waals surface area contributed by atoms with E-state index >= 15 is 0 Å². The van der Waals surface area contributed by atoms with E-state index in [-0.39, 0.29) is 5.78 Å². The Morgan fingerprint density at radius 2 is 1.84 bits per heavy atom. The summed E-state index contributed by atoms with van der Waals surface area (Å²) in [6, 6.07) is 9.53. The Balaban J connectivity index is 1.36. The molecule has 1 aliphatic carbocycles. The van der Waals surface area contributed by atoms with Gasteiger partial charge in [0.05, 0.1) is 23.1 Å². The minimum absolute atomic E-state index is 0.0302. The SMILES string of the molecule is Cc1c(C(=O)Cc2cnc(N3CCC(=O)CC3)c(C3CC3)c2)cnn1-c1ccc(Cl)cc1. The third-order valence-corrected chi connectivity index (χ3v) is 6.59. The molecule has 6 nitrogen and oxygen atoms in total. The lowest BCUT2D eigenvalue weighted by molar-refractivity contribution is -0.119. The fraction of sp³-hybridized carbons (Fsp3) is 0.360. The molecule has 7 heteroatoms. The molecule has 32 heavy (non-hydrogen) atoms.